The molecule has 0 aliphatic carbocycles. The molecule has 1 aliphatic heterocycles. The Kier molecular flexibility index (Phi) is 4.71. The normalized spacial score (nSPS) is 27.7. The number of nitrogens with zero attached hydrogens (tertiary/aromatic N) is 4. The average Bonchev–Trinajstić information content (AvgIpc) is 3.15. The van der Waals surface area contributed by atoms with Crippen LogP contribution in [0.1, 0.15) is 6.23 Å². The lowest BCUT2D eigenvalue weighted by Gasteiger charge is -2.21. The van der Waals surface area contributed by atoms with Crippen molar-refractivity contribution in [1.29, 1.82) is 0 Å². The van der Waals surface area contributed by atoms with Crippen molar-refractivity contribution < 1.29 is 18.9 Å². The third kappa shape index (κ3) is 2.65. The second-order valence-electron chi connectivity index (χ2n) is 5.22. The molecule has 1 fully saturated rings. The van der Waals surface area contributed by atoms with E-state index in [1.165, 1.54) is 6.33 Å². The van der Waals surface area contributed by atoms with Crippen LogP contribution in [0.15, 0.2) is 12.7 Å². The molecule has 1 aliphatic rings. The second-order valence-corrected chi connectivity index (χ2v) is 5.22. The van der Waals surface area contributed by atoms with Gasteiger partial charge in [0.1, 0.15) is 30.2 Å². The number of anilines is 1. The number of nitrogens with one attached hydrogen (secondary N) is 1. The molecule has 0 spiro atoms. The van der Waals surface area contributed by atoms with Crippen LogP contribution in [0.3, 0.4) is 0 Å². The summed E-state index contributed by atoms with van der Waals surface area (Å²) < 4.78 is 24.3. The largest absolute Gasteiger partial charge is 0.382 e. The van der Waals surface area contributed by atoms with Crippen LogP contribution in [-0.4, -0.2) is 72.8 Å². The Morgan fingerprint density at radius 1 is 1.17 bits per heavy atom. The third-order valence-corrected chi connectivity index (χ3v) is 4.03. The summed E-state index contributed by atoms with van der Waals surface area (Å²) in [6.45, 7) is 0.415. The number of rotatable bonds is 6. The highest BCUT2D eigenvalue weighted by Gasteiger charge is 2.46. The summed E-state index contributed by atoms with van der Waals surface area (Å²) in [7, 11) is 6.69. The summed E-state index contributed by atoms with van der Waals surface area (Å²) in [5.41, 5.74) is 1.35. The maximum Gasteiger partial charge on any atom is 0.167 e. The molecule has 0 unspecified atom stereocenters. The lowest BCUT2D eigenvalue weighted by molar-refractivity contribution is -0.0636. The SMILES string of the molecule is CNc1ncnc2c1ncn2[C@@H]1O[C@H](COC)[C@@H](OC)[C@H]1OC. The maximum absolute atomic E-state index is 6.10. The van der Waals surface area contributed by atoms with Crippen molar-refractivity contribution >= 4 is 17.0 Å². The van der Waals surface area contributed by atoms with Gasteiger partial charge in [0.25, 0.3) is 0 Å². The highest BCUT2D eigenvalue weighted by Crippen LogP contribution is 2.35. The molecule has 0 saturated carbocycles. The molecule has 23 heavy (non-hydrogen) atoms. The van der Waals surface area contributed by atoms with E-state index in [9.17, 15) is 0 Å². The predicted octanol–water partition coefficient (Wildman–Crippen LogP) is 0.442. The lowest BCUT2D eigenvalue weighted by Crippen LogP contribution is -2.36. The molecule has 1 saturated heterocycles. The van der Waals surface area contributed by atoms with Gasteiger partial charge in [-0.2, -0.15) is 0 Å². The van der Waals surface area contributed by atoms with Gasteiger partial charge < -0.3 is 24.3 Å². The van der Waals surface area contributed by atoms with Crippen LogP contribution in [0.4, 0.5) is 5.82 Å². The highest BCUT2D eigenvalue weighted by atomic mass is 16.6. The Morgan fingerprint density at radius 3 is 2.61 bits per heavy atom. The predicted molar refractivity (Wildman–Crippen MR) is 82.2 cm³/mol. The van der Waals surface area contributed by atoms with Crippen LogP contribution in [0, 0.1) is 0 Å². The van der Waals surface area contributed by atoms with Crippen LogP contribution in [0.2, 0.25) is 0 Å². The molecule has 9 heteroatoms. The fourth-order valence-electron chi connectivity index (χ4n) is 2.99. The fraction of sp³-hybridized carbons (Fsp3) is 0.643. The van der Waals surface area contributed by atoms with E-state index in [0.717, 1.165) is 0 Å². The molecule has 4 atom stereocenters. The minimum absolute atomic E-state index is 0.233. The molecule has 126 valence electrons. The summed E-state index contributed by atoms with van der Waals surface area (Å²) >= 11 is 0. The minimum Gasteiger partial charge on any atom is -0.382 e. The molecule has 0 aromatic carbocycles. The van der Waals surface area contributed by atoms with Gasteiger partial charge in [-0.05, 0) is 0 Å². The summed E-state index contributed by atoms with van der Waals surface area (Å²) in [6.07, 6.45) is 1.98. The van der Waals surface area contributed by atoms with Crippen LogP contribution in [0.5, 0.6) is 0 Å². The number of imidazole rings is 1. The molecule has 3 rings (SSSR count). The number of hydrogen-bond acceptors (Lipinski definition) is 8. The topological polar surface area (TPSA) is 92.6 Å². The van der Waals surface area contributed by atoms with Crippen molar-refractivity contribution in [3.8, 4) is 0 Å². The van der Waals surface area contributed by atoms with Crippen molar-refractivity contribution in [2.24, 2.45) is 0 Å². The van der Waals surface area contributed by atoms with Crippen molar-refractivity contribution in [1.82, 2.24) is 19.5 Å². The van der Waals surface area contributed by atoms with Crippen molar-refractivity contribution in [3.63, 3.8) is 0 Å². The Hall–Kier alpha value is -1.81. The van der Waals surface area contributed by atoms with Gasteiger partial charge in [-0.1, -0.05) is 0 Å². The Morgan fingerprint density at radius 2 is 1.96 bits per heavy atom. The van der Waals surface area contributed by atoms with Crippen LogP contribution in [-0.2, 0) is 18.9 Å². The fourth-order valence-corrected chi connectivity index (χ4v) is 2.99. The molecule has 0 bridgehead atoms. The molecule has 1 N–H and O–H groups in total. The number of hydrogen-bond donors (Lipinski definition) is 1. The van der Waals surface area contributed by atoms with Crippen molar-refractivity contribution in [3.05, 3.63) is 12.7 Å². The van der Waals surface area contributed by atoms with Crippen LogP contribution < -0.4 is 5.32 Å². The van der Waals surface area contributed by atoms with E-state index in [1.54, 1.807) is 34.7 Å². The van der Waals surface area contributed by atoms with Gasteiger partial charge in [0.05, 0.1) is 12.9 Å². The number of fused-ring (bicyclic) bond motifs is 1. The molecule has 0 radical (unpaired) electrons. The van der Waals surface area contributed by atoms with Crippen LogP contribution >= 0.6 is 0 Å². The molecule has 2 aromatic rings. The van der Waals surface area contributed by atoms with Gasteiger partial charge >= 0.3 is 0 Å². The van der Waals surface area contributed by atoms with E-state index in [-0.39, 0.29) is 18.3 Å². The smallest absolute Gasteiger partial charge is 0.167 e. The molecule has 3 heterocycles. The number of methoxy groups -OCH3 is 3. The summed E-state index contributed by atoms with van der Waals surface area (Å²) in [5, 5.41) is 3.00. The van der Waals surface area contributed by atoms with Gasteiger partial charge in [0.15, 0.2) is 17.7 Å². The van der Waals surface area contributed by atoms with Crippen LogP contribution in [0.25, 0.3) is 11.2 Å². The lowest BCUT2D eigenvalue weighted by atomic mass is 10.1. The monoisotopic (exact) mass is 323 g/mol. The first kappa shape index (κ1) is 16.1. The molecular formula is C14H21N5O4. The van der Waals surface area contributed by atoms with Crippen molar-refractivity contribution in [2.45, 2.75) is 24.5 Å². The first-order chi connectivity index (χ1) is 11.2. The zero-order valence-electron chi connectivity index (χ0n) is 13.6. The maximum atomic E-state index is 6.10. The molecule has 9 nitrogen and oxygen atoms in total. The van der Waals surface area contributed by atoms with Gasteiger partial charge in [-0.25, -0.2) is 15.0 Å². The van der Waals surface area contributed by atoms with Crippen molar-refractivity contribution in [2.75, 3.05) is 40.3 Å². The summed E-state index contributed by atoms with van der Waals surface area (Å²) in [4.78, 5) is 12.9. The standard InChI is InChI=1S/C14H21N5O4/c1-15-12-9-13(17-6-16-12)19(7-18-9)14-11(22-4)10(21-3)8(23-14)5-20-2/h6-8,10-11,14H,5H2,1-4H3,(H,15,16,17)/t8-,10-,11-,14-/m1/s1. The van der Waals surface area contributed by atoms with Gasteiger partial charge in [0.2, 0.25) is 0 Å². The second kappa shape index (κ2) is 6.75. The highest BCUT2D eigenvalue weighted by molar-refractivity contribution is 5.82. The number of ether oxygens (including phenoxy) is 4. The van der Waals surface area contributed by atoms with E-state index >= 15 is 0 Å². The minimum atomic E-state index is -0.408. The zero-order chi connectivity index (χ0) is 16.4. The zero-order valence-corrected chi connectivity index (χ0v) is 13.6. The van der Waals surface area contributed by atoms with E-state index in [4.69, 9.17) is 18.9 Å². The first-order valence-electron chi connectivity index (χ1n) is 7.30. The van der Waals surface area contributed by atoms with E-state index in [0.29, 0.717) is 23.6 Å². The summed E-state index contributed by atoms with van der Waals surface area (Å²) in [6, 6.07) is 0. The quantitative estimate of drug-likeness (QED) is 0.819. The molecular weight excluding hydrogens is 302 g/mol. The Labute approximate surface area is 133 Å². The van der Waals surface area contributed by atoms with E-state index in [2.05, 4.69) is 20.3 Å². The van der Waals surface area contributed by atoms with Gasteiger partial charge in [-0.3, -0.25) is 4.57 Å². The molecule has 2 aromatic heterocycles. The Balaban J connectivity index is 2.00. The molecule has 0 amide bonds. The summed E-state index contributed by atoms with van der Waals surface area (Å²) in [5.74, 6) is 0.664. The van der Waals surface area contributed by atoms with Gasteiger partial charge in [0, 0.05) is 28.4 Å². The van der Waals surface area contributed by atoms with Gasteiger partial charge in [-0.15, -0.1) is 0 Å². The van der Waals surface area contributed by atoms with E-state index < -0.39 is 6.23 Å². The Bertz CT molecular complexity index is 664. The third-order valence-electron chi connectivity index (χ3n) is 4.03. The first-order valence-corrected chi connectivity index (χ1v) is 7.30. The average molecular weight is 323 g/mol. The van der Waals surface area contributed by atoms with E-state index in [1.807, 2.05) is 4.57 Å². The number of aromatic nitrogens is 4.